The van der Waals surface area contributed by atoms with Gasteiger partial charge in [-0.2, -0.15) is 0 Å². The van der Waals surface area contributed by atoms with Crippen LogP contribution in [-0.2, 0) is 5.41 Å². The van der Waals surface area contributed by atoms with E-state index in [4.69, 9.17) is 26.2 Å². The van der Waals surface area contributed by atoms with Crippen LogP contribution in [0.3, 0.4) is 0 Å². The molecule has 3 heterocycles. The fraction of sp³-hybridized carbons (Fsp3) is 0.0556. The molecule has 8 aromatic carbocycles. The van der Waals surface area contributed by atoms with Crippen molar-refractivity contribution in [2.45, 2.75) is 19.3 Å². The van der Waals surface area contributed by atoms with Gasteiger partial charge in [-0.25, -0.2) is 15.0 Å². The van der Waals surface area contributed by atoms with E-state index in [0.717, 1.165) is 60.5 Å². The molecule has 0 unspecified atom stereocenters. The molecule has 0 N–H and O–H groups in total. The van der Waals surface area contributed by atoms with E-state index >= 15 is 0 Å². The molecule has 0 aliphatic heterocycles. The third kappa shape index (κ3) is 5.08. The number of hydrogen-bond donors (Lipinski definition) is 0. The third-order valence-corrected chi connectivity index (χ3v) is 11.9. The Morgan fingerprint density at radius 1 is 0.492 bits per heavy atom. The molecule has 0 saturated carbocycles. The van der Waals surface area contributed by atoms with Crippen LogP contribution in [-0.4, -0.2) is 19.5 Å². The fourth-order valence-corrected chi connectivity index (χ4v) is 9.28. The van der Waals surface area contributed by atoms with Gasteiger partial charge in [-0.15, -0.1) is 0 Å². The first kappa shape index (κ1) is 28.7. The van der Waals surface area contributed by atoms with Gasteiger partial charge in [0.1, 0.15) is 11.2 Å². The van der Waals surface area contributed by atoms with E-state index in [1.54, 1.807) is 12.1 Å². The number of fused-ring (bicyclic) bond motifs is 9. The van der Waals surface area contributed by atoms with Gasteiger partial charge in [-0.3, -0.25) is 0 Å². The molecule has 0 spiro atoms. The maximum atomic E-state index is 8.74. The summed E-state index contributed by atoms with van der Waals surface area (Å²) in [5.41, 5.74) is 11.4. The van der Waals surface area contributed by atoms with E-state index in [-0.39, 0.29) is 23.1 Å². The van der Waals surface area contributed by atoms with Gasteiger partial charge in [0.25, 0.3) is 0 Å². The number of hydrogen-bond acceptors (Lipinski definition) is 4. The lowest BCUT2D eigenvalue weighted by atomic mass is 9.80. The summed E-state index contributed by atoms with van der Waals surface area (Å²) in [5, 5.41) is 3.83. The maximum absolute atomic E-state index is 8.74. The lowest BCUT2D eigenvalue weighted by Gasteiger charge is -2.24. The van der Waals surface area contributed by atoms with Crippen LogP contribution in [0, 0.1) is 0 Å². The molecule has 1 aliphatic rings. The van der Waals surface area contributed by atoms with Gasteiger partial charge < -0.3 is 8.98 Å². The minimum absolute atomic E-state index is 0.106. The Kier molecular flexibility index (Phi) is 6.18. The quantitative estimate of drug-likeness (QED) is 0.175. The van der Waals surface area contributed by atoms with Gasteiger partial charge in [0, 0.05) is 43.8 Å². The van der Waals surface area contributed by atoms with Crippen LogP contribution < -0.4 is 0 Å². The van der Waals surface area contributed by atoms with E-state index < -0.39 is 18.1 Å². The third-order valence-electron chi connectivity index (χ3n) is 11.9. The number of aromatic nitrogens is 4. The van der Waals surface area contributed by atoms with Crippen molar-refractivity contribution in [3.63, 3.8) is 0 Å². The topological polar surface area (TPSA) is 56.7 Å². The van der Waals surface area contributed by atoms with Gasteiger partial charge in [0.2, 0.25) is 0 Å². The van der Waals surface area contributed by atoms with Crippen molar-refractivity contribution >= 4 is 43.7 Å². The van der Waals surface area contributed by atoms with Gasteiger partial charge >= 0.3 is 0 Å². The first-order chi connectivity index (χ1) is 31.1. The second-order valence-electron chi connectivity index (χ2n) is 15.6. The predicted molar refractivity (Wildman–Crippen MR) is 241 cm³/mol. The Bertz CT molecular complexity index is 3700. The molecule has 0 atom stereocenters. The largest absolute Gasteiger partial charge is 0.455 e. The Morgan fingerprint density at radius 3 is 1.92 bits per heavy atom. The first-order valence-electron chi connectivity index (χ1n) is 22.2. The Morgan fingerprint density at radius 2 is 1.14 bits per heavy atom. The standard InChI is InChI=1S/C54H36N4O/c1-54(2)45-25-12-9-20-37(45)41-23-15-24-42(49(41)54)52-55-51(34-18-7-4-8-19-34)56-53(57-52)44-32-36(58-46-26-13-10-21-38(46)39-22-11-14-27-47(39)58)31-43-40-29-28-35(30-48(40)59-50(43)44)33-16-5-3-6-17-33/h3-32H,1-2H3/i3D,5D,6D,16D,17D. The van der Waals surface area contributed by atoms with Crippen molar-refractivity contribution in [3.05, 3.63) is 193 Å². The summed E-state index contributed by atoms with van der Waals surface area (Å²) in [4.78, 5) is 15.9. The highest BCUT2D eigenvalue weighted by Gasteiger charge is 2.38. The number of furan rings is 1. The van der Waals surface area contributed by atoms with Crippen LogP contribution in [0.4, 0.5) is 0 Å². The Hall–Kier alpha value is -7.63. The lowest BCUT2D eigenvalue weighted by Crippen LogP contribution is -2.17. The normalized spacial score (nSPS) is 14.2. The minimum Gasteiger partial charge on any atom is -0.455 e. The zero-order chi connectivity index (χ0) is 43.6. The second-order valence-corrected chi connectivity index (χ2v) is 15.6. The highest BCUT2D eigenvalue weighted by atomic mass is 16.3. The van der Waals surface area contributed by atoms with Gasteiger partial charge in [0.05, 0.1) is 23.5 Å². The zero-order valence-electron chi connectivity index (χ0n) is 37.1. The highest BCUT2D eigenvalue weighted by Crippen LogP contribution is 2.52. The van der Waals surface area contributed by atoms with E-state index in [0.29, 0.717) is 39.8 Å². The Balaban J connectivity index is 1.17. The molecule has 278 valence electrons. The fourth-order valence-electron chi connectivity index (χ4n) is 9.28. The number of nitrogens with zero attached hydrogens (tertiary/aromatic N) is 4. The molecule has 0 bridgehead atoms. The predicted octanol–water partition coefficient (Wildman–Crippen LogP) is 13.8. The average molecular weight is 762 g/mol. The maximum Gasteiger partial charge on any atom is 0.167 e. The van der Waals surface area contributed by atoms with Crippen molar-refractivity contribution in [1.82, 2.24) is 19.5 Å². The molecule has 12 rings (SSSR count). The Labute approximate surface area is 347 Å². The van der Waals surface area contributed by atoms with Crippen LogP contribution in [0.2, 0.25) is 0 Å². The molecule has 0 saturated heterocycles. The zero-order valence-corrected chi connectivity index (χ0v) is 32.1. The van der Waals surface area contributed by atoms with Crippen molar-refractivity contribution < 1.29 is 11.3 Å². The van der Waals surface area contributed by atoms with Crippen LogP contribution in [0.1, 0.15) is 31.8 Å². The molecule has 5 heteroatoms. The van der Waals surface area contributed by atoms with Crippen LogP contribution in [0.15, 0.2) is 186 Å². The summed E-state index contributed by atoms with van der Waals surface area (Å²) >= 11 is 0. The van der Waals surface area contributed by atoms with Crippen molar-refractivity contribution in [2.24, 2.45) is 0 Å². The molecular formula is C54H36N4O. The summed E-state index contributed by atoms with van der Waals surface area (Å²) in [6.07, 6.45) is 0. The molecule has 11 aromatic rings. The van der Waals surface area contributed by atoms with Gasteiger partial charge in [-0.1, -0.05) is 159 Å². The summed E-state index contributed by atoms with van der Waals surface area (Å²) in [7, 11) is 0. The lowest BCUT2D eigenvalue weighted by molar-refractivity contribution is 0.661. The van der Waals surface area contributed by atoms with Crippen molar-refractivity contribution in [2.75, 3.05) is 0 Å². The number of benzene rings is 8. The van der Waals surface area contributed by atoms with Crippen LogP contribution >= 0.6 is 0 Å². The first-order valence-corrected chi connectivity index (χ1v) is 19.7. The minimum atomic E-state index is -0.439. The van der Waals surface area contributed by atoms with Gasteiger partial charge in [-0.05, 0) is 69.8 Å². The van der Waals surface area contributed by atoms with E-state index in [9.17, 15) is 0 Å². The van der Waals surface area contributed by atoms with Gasteiger partial charge in [0.15, 0.2) is 17.5 Å². The molecule has 59 heavy (non-hydrogen) atoms. The SMILES string of the molecule is [2H]c1c([2H])c([2H])c(-c2ccc3c(c2)oc2c(-c4nc(-c5ccccc5)nc(-c5cccc6c5C(C)(C)c5ccccc5-6)n4)cc(-n4c5ccccc5c5ccccc54)cc23)c([2H])c1[2H]. The van der Waals surface area contributed by atoms with Crippen molar-refractivity contribution in [3.8, 4) is 62.1 Å². The molecule has 3 aromatic heterocycles. The number of rotatable bonds is 5. The molecular weight excluding hydrogens is 721 g/mol. The van der Waals surface area contributed by atoms with Crippen molar-refractivity contribution in [1.29, 1.82) is 0 Å². The summed E-state index contributed by atoms with van der Waals surface area (Å²) < 4.78 is 51.5. The number of para-hydroxylation sites is 2. The molecule has 0 radical (unpaired) electrons. The highest BCUT2D eigenvalue weighted by molar-refractivity contribution is 6.13. The average Bonchev–Trinajstić information content (AvgIpc) is 3.95. The van der Waals surface area contributed by atoms with E-state index in [1.807, 2.05) is 48.5 Å². The summed E-state index contributed by atoms with van der Waals surface area (Å²) in [5.74, 6) is 1.48. The monoisotopic (exact) mass is 761 g/mol. The van der Waals surface area contributed by atoms with Crippen LogP contribution in [0.25, 0.3) is 106 Å². The summed E-state index contributed by atoms with van der Waals surface area (Å²) in [6, 6.07) is 49.5. The molecule has 0 amide bonds. The molecule has 0 fully saturated rings. The van der Waals surface area contributed by atoms with E-state index in [2.05, 4.69) is 109 Å². The smallest absolute Gasteiger partial charge is 0.167 e. The van der Waals surface area contributed by atoms with E-state index in [1.165, 1.54) is 11.1 Å². The molecule has 1 aliphatic carbocycles. The van der Waals surface area contributed by atoms with Crippen LogP contribution in [0.5, 0.6) is 0 Å². The second kappa shape index (κ2) is 12.7. The molecule has 5 nitrogen and oxygen atoms in total. The summed E-state index contributed by atoms with van der Waals surface area (Å²) in [6.45, 7) is 4.51.